The van der Waals surface area contributed by atoms with E-state index in [1.54, 1.807) is 32.0 Å². The van der Waals surface area contributed by atoms with Crippen LogP contribution >= 0.6 is 0 Å². The normalized spacial score (nSPS) is 13.6. The molecule has 0 saturated heterocycles. The molecule has 1 N–H and O–H groups in total. The van der Waals surface area contributed by atoms with Gasteiger partial charge in [0.15, 0.2) is 11.5 Å². The summed E-state index contributed by atoms with van der Waals surface area (Å²) in [5, 5.41) is 17.4. The third kappa shape index (κ3) is 3.14. The molecule has 0 bridgehead atoms. The highest BCUT2D eigenvalue weighted by atomic mass is 16.7. The number of rotatable bonds is 5. The standard InChI is InChI=1S/C15H16N4O5/c1-9(7-18-10(2)5-14(17-18)19(21)22)15(20)16-11-3-4-12-13(6-11)24-8-23-12/h3-6,9H,7-8H2,1-2H3,(H,16,20). The molecular formula is C15H16N4O5. The van der Waals surface area contributed by atoms with Gasteiger partial charge < -0.3 is 24.9 Å². The molecule has 0 spiro atoms. The van der Waals surface area contributed by atoms with E-state index in [4.69, 9.17) is 9.47 Å². The van der Waals surface area contributed by atoms with Crippen LogP contribution in [0.4, 0.5) is 11.5 Å². The molecule has 1 atom stereocenters. The van der Waals surface area contributed by atoms with Crippen molar-refractivity contribution >= 4 is 17.4 Å². The zero-order valence-electron chi connectivity index (χ0n) is 13.2. The number of amides is 1. The number of aromatic nitrogens is 2. The van der Waals surface area contributed by atoms with Gasteiger partial charge in [-0.3, -0.25) is 4.79 Å². The molecule has 1 aromatic carbocycles. The third-order valence-electron chi connectivity index (χ3n) is 3.69. The molecule has 0 radical (unpaired) electrons. The Balaban J connectivity index is 1.65. The van der Waals surface area contributed by atoms with Gasteiger partial charge in [-0.2, -0.15) is 4.68 Å². The molecule has 2 aromatic rings. The largest absolute Gasteiger partial charge is 0.454 e. The van der Waals surface area contributed by atoms with Crippen LogP contribution in [0.15, 0.2) is 24.3 Å². The lowest BCUT2D eigenvalue weighted by atomic mass is 10.1. The third-order valence-corrected chi connectivity index (χ3v) is 3.69. The van der Waals surface area contributed by atoms with Crippen LogP contribution < -0.4 is 14.8 Å². The molecule has 1 amide bonds. The molecule has 1 aromatic heterocycles. The first-order valence-corrected chi connectivity index (χ1v) is 7.33. The predicted molar refractivity (Wildman–Crippen MR) is 84.0 cm³/mol. The fourth-order valence-corrected chi connectivity index (χ4v) is 2.35. The first-order chi connectivity index (χ1) is 11.4. The minimum absolute atomic E-state index is 0.167. The van der Waals surface area contributed by atoms with Crippen LogP contribution in [0.5, 0.6) is 11.5 Å². The van der Waals surface area contributed by atoms with Gasteiger partial charge in [-0.05, 0) is 24.0 Å². The van der Waals surface area contributed by atoms with Gasteiger partial charge in [-0.1, -0.05) is 6.92 Å². The van der Waals surface area contributed by atoms with Crippen molar-refractivity contribution in [3.63, 3.8) is 0 Å². The summed E-state index contributed by atoms with van der Waals surface area (Å²) in [4.78, 5) is 22.5. The topological polar surface area (TPSA) is 109 Å². The van der Waals surface area contributed by atoms with Crippen LogP contribution in [0, 0.1) is 23.0 Å². The Morgan fingerprint density at radius 3 is 2.88 bits per heavy atom. The number of ether oxygens (including phenoxy) is 2. The Bertz CT molecular complexity index is 801. The minimum Gasteiger partial charge on any atom is -0.454 e. The number of fused-ring (bicyclic) bond motifs is 1. The SMILES string of the molecule is Cc1cc([N+](=O)[O-])nn1CC(C)C(=O)Nc1ccc2c(c1)OCO2. The molecule has 1 aliphatic heterocycles. The quantitative estimate of drug-likeness (QED) is 0.663. The van der Waals surface area contributed by atoms with E-state index in [2.05, 4.69) is 10.4 Å². The Morgan fingerprint density at radius 1 is 1.42 bits per heavy atom. The summed E-state index contributed by atoms with van der Waals surface area (Å²) in [5.74, 6) is 0.357. The van der Waals surface area contributed by atoms with Gasteiger partial charge in [0.1, 0.15) is 0 Å². The van der Waals surface area contributed by atoms with Crippen molar-refractivity contribution in [1.29, 1.82) is 0 Å². The smallest absolute Gasteiger partial charge is 0.390 e. The Kier molecular flexibility index (Phi) is 4.07. The lowest BCUT2D eigenvalue weighted by molar-refractivity contribution is -0.389. The summed E-state index contributed by atoms with van der Waals surface area (Å²) < 4.78 is 11.9. The van der Waals surface area contributed by atoms with Crippen molar-refractivity contribution in [3.05, 3.63) is 40.1 Å². The Labute approximate surface area is 137 Å². The molecule has 2 heterocycles. The van der Waals surface area contributed by atoms with Gasteiger partial charge >= 0.3 is 5.82 Å². The van der Waals surface area contributed by atoms with E-state index in [0.29, 0.717) is 22.9 Å². The molecule has 9 nitrogen and oxygen atoms in total. The number of nitrogens with zero attached hydrogens (tertiary/aromatic N) is 3. The summed E-state index contributed by atoms with van der Waals surface area (Å²) in [6.45, 7) is 3.86. The number of nitrogens with one attached hydrogen (secondary N) is 1. The monoisotopic (exact) mass is 332 g/mol. The molecular weight excluding hydrogens is 316 g/mol. The fourth-order valence-electron chi connectivity index (χ4n) is 2.35. The first kappa shape index (κ1) is 15.8. The maximum Gasteiger partial charge on any atom is 0.390 e. The van der Waals surface area contributed by atoms with Crippen molar-refractivity contribution in [1.82, 2.24) is 9.78 Å². The van der Waals surface area contributed by atoms with Crippen molar-refractivity contribution in [2.45, 2.75) is 20.4 Å². The summed E-state index contributed by atoms with van der Waals surface area (Å²) in [5.41, 5.74) is 1.23. The zero-order valence-corrected chi connectivity index (χ0v) is 13.2. The number of carbonyl (C=O) groups excluding carboxylic acids is 1. The van der Waals surface area contributed by atoms with Gasteiger partial charge in [0.25, 0.3) is 0 Å². The van der Waals surface area contributed by atoms with Gasteiger partial charge in [0.2, 0.25) is 12.7 Å². The molecule has 0 saturated carbocycles. The molecule has 1 aliphatic rings. The maximum absolute atomic E-state index is 12.3. The highest BCUT2D eigenvalue weighted by Gasteiger charge is 2.21. The van der Waals surface area contributed by atoms with Crippen LogP contribution in [-0.4, -0.2) is 27.4 Å². The summed E-state index contributed by atoms with van der Waals surface area (Å²) in [7, 11) is 0. The van der Waals surface area contributed by atoms with Crippen molar-refractivity contribution < 1.29 is 19.2 Å². The number of carbonyl (C=O) groups is 1. The van der Waals surface area contributed by atoms with E-state index in [0.717, 1.165) is 0 Å². The first-order valence-electron chi connectivity index (χ1n) is 7.33. The maximum atomic E-state index is 12.3. The number of aryl methyl sites for hydroxylation is 1. The summed E-state index contributed by atoms with van der Waals surface area (Å²) in [6, 6.07) is 6.52. The number of hydrogen-bond donors (Lipinski definition) is 1. The second kappa shape index (κ2) is 6.19. The van der Waals surface area contributed by atoms with Crippen LogP contribution in [-0.2, 0) is 11.3 Å². The van der Waals surface area contributed by atoms with Crippen molar-refractivity contribution in [3.8, 4) is 11.5 Å². The summed E-state index contributed by atoms with van der Waals surface area (Å²) in [6.07, 6.45) is 0. The second-order valence-corrected chi connectivity index (χ2v) is 5.54. The Hall–Kier alpha value is -3.10. The molecule has 24 heavy (non-hydrogen) atoms. The van der Waals surface area contributed by atoms with Gasteiger partial charge in [-0.25, -0.2) is 0 Å². The van der Waals surface area contributed by atoms with Gasteiger partial charge in [-0.15, -0.1) is 0 Å². The van der Waals surface area contributed by atoms with E-state index in [1.807, 2.05) is 0 Å². The number of anilines is 1. The van der Waals surface area contributed by atoms with E-state index < -0.39 is 10.8 Å². The van der Waals surface area contributed by atoms with Crippen LogP contribution in [0.1, 0.15) is 12.6 Å². The lowest BCUT2D eigenvalue weighted by Gasteiger charge is -2.12. The van der Waals surface area contributed by atoms with Crippen LogP contribution in [0.25, 0.3) is 0 Å². The highest BCUT2D eigenvalue weighted by molar-refractivity contribution is 5.92. The average Bonchev–Trinajstić information content (AvgIpc) is 3.14. The lowest BCUT2D eigenvalue weighted by Crippen LogP contribution is -2.25. The predicted octanol–water partition coefficient (Wildman–Crippen LogP) is 2.10. The van der Waals surface area contributed by atoms with Crippen LogP contribution in [0.2, 0.25) is 0 Å². The minimum atomic E-state index is -0.555. The molecule has 0 fully saturated rings. The molecule has 3 rings (SSSR count). The summed E-state index contributed by atoms with van der Waals surface area (Å²) >= 11 is 0. The van der Waals surface area contributed by atoms with Crippen molar-refractivity contribution in [2.75, 3.05) is 12.1 Å². The zero-order chi connectivity index (χ0) is 17.3. The highest BCUT2D eigenvalue weighted by Crippen LogP contribution is 2.34. The Morgan fingerprint density at radius 2 is 2.17 bits per heavy atom. The number of nitro groups is 1. The van der Waals surface area contributed by atoms with Gasteiger partial charge in [0, 0.05) is 11.8 Å². The molecule has 0 aliphatic carbocycles. The fraction of sp³-hybridized carbons (Fsp3) is 0.333. The van der Waals surface area contributed by atoms with E-state index in [1.165, 1.54) is 10.7 Å². The van der Waals surface area contributed by atoms with E-state index in [9.17, 15) is 14.9 Å². The second-order valence-electron chi connectivity index (χ2n) is 5.54. The number of hydrogen-bond acceptors (Lipinski definition) is 6. The van der Waals surface area contributed by atoms with E-state index >= 15 is 0 Å². The average molecular weight is 332 g/mol. The molecule has 9 heteroatoms. The number of benzene rings is 1. The molecule has 1 unspecified atom stereocenters. The van der Waals surface area contributed by atoms with Crippen LogP contribution in [0.3, 0.4) is 0 Å². The van der Waals surface area contributed by atoms with Gasteiger partial charge in [0.05, 0.1) is 29.3 Å². The van der Waals surface area contributed by atoms with E-state index in [-0.39, 0.29) is 25.1 Å². The van der Waals surface area contributed by atoms with Crippen molar-refractivity contribution in [2.24, 2.45) is 5.92 Å². The molecule has 126 valence electrons.